The Morgan fingerprint density at radius 2 is 2.07 bits per heavy atom. The zero-order valence-electron chi connectivity index (χ0n) is 16.3. The number of carbonyl (C=O) groups excluding carboxylic acids is 1. The molecule has 1 amide bonds. The van der Waals surface area contributed by atoms with Crippen LogP contribution in [0.15, 0.2) is 23.3 Å². The van der Waals surface area contributed by atoms with Crippen LogP contribution in [0.4, 0.5) is 5.82 Å². The molecule has 1 aliphatic heterocycles. The molecule has 0 atom stereocenters. The number of pyridine rings is 1. The normalized spacial score (nSPS) is 15.1. The molecule has 1 saturated heterocycles. The molecule has 27 heavy (non-hydrogen) atoms. The Kier molecular flexibility index (Phi) is 11.0. The maximum atomic E-state index is 11.7. The fourth-order valence-electron chi connectivity index (χ4n) is 2.81. The van der Waals surface area contributed by atoms with Crippen LogP contribution in [0.2, 0.25) is 0 Å². The molecule has 3 N–H and O–H groups in total. The van der Waals surface area contributed by atoms with Crippen molar-refractivity contribution >= 4 is 41.7 Å². The average Bonchev–Trinajstić information content (AvgIpc) is 2.66. The summed E-state index contributed by atoms with van der Waals surface area (Å²) < 4.78 is 4.91. The number of ether oxygens (including phenoxy) is 1. The number of hydrogen-bond donors (Lipinski definition) is 3. The predicted molar refractivity (Wildman–Crippen MR) is 119 cm³/mol. The highest BCUT2D eigenvalue weighted by Crippen LogP contribution is 2.17. The highest BCUT2D eigenvalue weighted by Gasteiger charge is 2.21. The van der Waals surface area contributed by atoms with Crippen LogP contribution in [0.3, 0.4) is 0 Å². The van der Waals surface area contributed by atoms with E-state index in [4.69, 9.17) is 4.74 Å². The lowest BCUT2D eigenvalue weighted by molar-refractivity contribution is -0.120. The van der Waals surface area contributed by atoms with E-state index in [9.17, 15) is 4.79 Å². The summed E-state index contributed by atoms with van der Waals surface area (Å²) >= 11 is 0. The van der Waals surface area contributed by atoms with Gasteiger partial charge in [-0.3, -0.25) is 9.79 Å². The van der Waals surface area contributed by atoms with Gasteiger partial charge in [0.1, 0.15) is 5.82 Å². The molecule has 1 aromatic rings. The van der Waals surface area contributed by atoms with Crippen LogP contribution in [0.25, 0.3) is 0 Å². The molecule has 1 fully saturated rings. The summed E-state index contributed by atoms with van der Waals surface area (Å²) in [5.74, 6) is 1.60. The molecular weight excluding hydrogens is 459 g/mol. The van der Waals surface area contributed by atoms with Crippen LogP contribution in [-0.4, -0.2) is 69.8 Å². The second-order valence-electron chi connectivity index (χ2n) is 6.37. The Hall–Kier alpha value is -1.62. The number of nitrogens with zero attached hydrogens (tertiary/aromatic N) is 3. The van der Waals surface area contributed by atoms with Gasteiger partial charge in [0.05, 0.1) is 13.2 Å². The number of carbonyl (C=O) groups is 1. The Labute approximate surface area is 178 Å². The van der Waals surface area contributed by atoms with Gasteiger partial charge in [0.2, 0.25) is 5.91 Å². The summed E-state index contributed by atoms with van der Waals surface area (Å²) in [6.07, 6.45) is 3.90. The van der Waals surface area contributed by atoms with Crippen LogP contribution in [-0.2, 0) is 9.53 Å². The summed E-state index contributed by atoms with van der Waals surface area (Å²) in [5.41, 5.74) is 1.17. The minimum Gasteiger partial charge on any atom is -0.383 e. The Morgan fingerprint density at radius 3 is 2.67 bits per heavy atom. The Morgan fingerprint density at radius 1 is 1.33 bits per heavy atom. The fraction of sp³-hybridized carbons (Fsp3) is 0.611. The zero-order chi connectivity index (χ0) is 18.8. The van der Waals surface area contributed by atoms with Crippen molar-refractivity contribution < 1.29 is 9.53 Å². The molecule has 9 heteroatoms. The quantitative estimate of drug-likeness (QED) is 0.228. The molecule has 2 heterocycles. The van der Waals surface area contributed by atoms with Gasteiger partial charge in [-0.15, -0.1) is 24.0 Å². The van der Waals surface area contributed by atoms with Gasteiger partial charge in [0.15, 0.2) is 5.96 Å². The number of rotatable bonds is 7. The van der Waals surface area contributed by atoms with Gasteiger partial charge < -0.3 is 25.6 Å². The lowest BCUT2D eigenvalue weighted by atomic mass is 10.1. The number of amides is 1. The molecule has 1 aliphatic rings. The first-order chi connectivity index (χ1) is 12.6. The number of hydrogen-bond acceptors (Lipinski definition) is 5. The SMILES string of the molecule is CN=C(NCC(=O)NCCOC)NC1CCN(c2ccc(C)cn2)CC1.I. The molecule has 0 saturated carbocycles. The smallest absolute Gasteiger partial charge is 0.239 e. The van der Waals surface area contributed by atoms with Gasteiger partial charge in [-0.1, -0.05) is 6.07 Å². The monoisotopic (exact) mass is 490 g/mol. The summed E-state index contributed by atoms with van der Waals surface area (Å²) in [7, 11) is 3.32. The van der Waals surface area contributed by atoms with Crippen LogP contribution < -0.4 is 20.9 Å². The molecule has 1 aromatic heterocycles. The second-order valence-corrected chi connectivity index (χ2v) is 6.37. The van der Waals surface area contributed by atoms with E-state index in [1.807, 2.05) is 13.1 Å². The molecule has 2 rings (SSSR count). The van der Waals surface area contributed by atoms with Gasteiger partial charge in [0.25, 0.3) is 0 Å². The van der Waals surface area contributed by atoms with Crippen LogP contribution in [0.1, 0.15) is 18.4 Å². The van der Waals surface area contributed by atoms with Gasteiger partial charge in [-0.2, -0.15) is 0 Å². The molecule has 8 nitrogen and oxygen atoms in total. The summed E-state index contributed by atoms with van der Waals surface area (Å²) in [5, 5.41) is 9.22. The number of piperidine rings is 1. The summed E-state index contributed by atoms with van der Waals surface area (Å²) in [6, 6.07) is 4.50. The average molecular weight is 490 g/mol. The number of aromatic nitrogens is 1. The Balaban J connectivity index is 0.00000364. The lowest BCUT2D eigenvalue weighted by Gasteiger charge is -2.33. The van der Waals surface area contributed by atoms with Crippen LogP contribution in [0, 0.1) is 6.92 Å². The van der Waals surface area contributed by atoms with E-state index in [0.717, 1.165) is 31.7 Å². The third-order valence-corrected chi connectivity index (χ3v) is 4.32. The summed E-state index contributed by atoms with van der Waals surface area (Å²) in [4.78, 5) is 22.7. The minimum absolute atomic E-state index is 0. The van der Waals surface area contributed by atoms with E-state index in [1.54, 1.807) is 14.2 Å². The largest absolute Gasteiger partial charge is 0.383 e. The lowest BCUT2D eigenvalue weighted by Crippen LogP contribution is -2.50. The molecule has 0 aromatic carbocycles. The van der Waals surface area contributed by atoms with Crippen molar-refractivity contribution in [2.75, 3.05) is 51.8 Å². The van der Waals surface area contributed by atoms with Crippen LogP contribution >= 0.6 is 24.0 Å². The zero-order valence-corrected chi connectivity index (χ0v) is 18.7. The van der Waals surface area contributed by atoms with Gasteiger partial charge in [0, 0.05) is 46.0 Å². The van der Waals surface area contributed by atoms with Crippen molar-refractivity contribution in [1.82, 2.24) is 20.9 Å². The third kappa shape index (κ3) is 8.29. The van der Waals surface area contributed by atoms with E-state index in [0.29, 0.717) is 25.2 Å². The van der Waals surface area contributed by atoms with Gasteiger partial charge in [-0.05, 0) is 31.4 Å². The molecule has 0 bridgehead atoms. The molecule has 0 spiro atoms. The summed E-state index contributed by atoms with van der Waals surface area (Å²) in [6.45, 7) is 5.14. The molecule has 152 valence electrons. The first-order valence-corrected chi connectivity index (χ1v) is 9.02. The van der Waals surface area contributed by atoms with Crippen molar-refractivity contribution in [2.45, 2.75) is 25.8 Å². The van der Waals surface area contributed by atoms with Gasteiger partial charge in [-0.25, -0.2) is 4.98 Å². The topological polar surface area (TPSA) is 90.9 Å². The van der Waals surface area contributed by atoms with E-state index in [1.165, 1.54) is 5.56 Å². The number of aliphatic imine (C=N–C) groups is 1. The second kappa shape index (κ2) is 12.7. The number of methoxy groups -OCH3 is 1. The number of nitrogens with one attached hydrogen (secondary N) is 3. The first-order valence-electron chi connectivity index (χ1n) is 9.02. The van der Waals surface area contributed by atoms with Crippen molar-refractivity contribution in [1.29, 1.82) is 0 Å². The highest BCUT2D eigenvalue weighted by atomic mass is 127. The van der Waals surface area contributed by atoms with Crippen LogP contribution in [0.5, 0.6) is 0 Å². The Bertz CT molecular complexity index is 588. The molecule has 0 unspecified atom stereocenters. The van der Waals surface area contributed by atoms with E-state index >= 15 is 0 Å². The van der Waals surface area contributed by atoms with Crippen molar-refractivity contribution in [2.24, 2.45) is 4.99 Å². The fourth-order valence-corrected chi connectivity index (χ4v) is 2.81. The van der Waals surface area contributed by atoms with Crippen molar-refractivity contribution in [3.63, 3.8) is 0 Å². The van der Waals surface area contributed by atoms with Crippen molar-refractivity contribution in [3.8, 4) is 0 Å². The number of anilines is 1. The maximum absolute atomic E-state index is 11.7. The first kappa shape index (κ1) is 23.4. The maximum Gasteiger partial charge on any atom is 0.239 e. The number of aryl methyl sites for hydroxylation is 1. The minimum atomic E-state index is -0.0785. The van der Waals surface area contributed by atoms with E-state index in [-0.39, 0.29) is 36.4 Å². The van der Waals surface area contributed by atoms with Gasteiger partial charge >= 0.3 is 0 Å². The molecule has 0 radical (unpaired) electrons. The third-order valence-electron chi connectivity index (χ3n) is 4.32. The van der Waals surface area contributed by atoms with E-state index < -0.39 is 0 Å². The van der Waals surface area contributed by atoms with Crippen molar-refractivity contribution in [3.05, 3.63) is 23.9 Å². The highest BCUT2D eigenvalue weighted by molar-refractivity contribution is 14.0. The predicted octanol–water partition coefficient (Wildman–Crippen LogP) is 0.904. The number of halogens is 1. The molecule has 0 aliphatic carbocycles. The standard InChI is InChI=1S/C18H30N6O2.HI/c1-14-4-5-16(21-12-14)24-9-6-15(7-10-24)23-18(19-2)22-13-17(25)20-8-11-26-3;/h4-5,12,15H,6-11,13H2,1-3H3,(H,20,25)(H2,19,22,23);1H. The number of guanidine groups is 1. The molecular formula is C18H31IN6O2. The van der Waals surface area contributed by atoms with E-state index in [2.05, 4.69) is 43.0 Å².